The molecule has 0 saturated carbocycles. The highest BCUT2D eigenvalue weighted by molar-refractivity contribution is 7.14. The third-order valence-electron chi connectivity index (χ3n) is 4.12. The molecule has 4 nitrogen and oxygen atoms in total. The molecule has 3 rings (SSSR count). The Bertz CT molecular complexity index is 856. The Morgan fingerprint density at radius 2 is 1.69 bits per heavy atom. The number of nitrogens with one attached hydrogen (secondary N) is 2. The van der Waals surface area contributed by atoms with E-state index in [2.05, 4.69) is 34.7 Å². The van der Waals surface area contributed by atoms with Crippen LogP contribution in [0.3, 0.4) is 0 Å². The molecule has 0 spiro atoms. The van der Waals surface area contributed by atoms with E-state index >= 15 is 0 Å². The van der Waals surface area contributed by atoms with E-state index in [-0.39, 0.29) is 17.9 Å². The van der Waals surface area contributed by atoms with E-state index < -0.39 is 0 Å². The van der Waals surface area contributed by atoms with Crippen molar-refractivity contribution < 1.29 is 4.79 Å². The molecule has 1 atom stereocenters. The van der Waals surface area contributed by atoms with Gasteiger partial charge in [-0.25, -0.2) is 4.98 Å². The molecule has 26 heavy (non-hydrogen) atoms. The van der Waals surface area contributed by atoms with E-state index in [1.54, 1.807) is 11.3 Å². The summed E-state index contributed by atoms with van der Waals surface area (Å²) in [6.45, 7) is 5.89. The molecule has 5 heteroatoms. The molecule has 3 aromatic rings. The second kappa shape index (κ2) is 8.15. The normalized spacial score (nSPS) is 12.0. The molecule has 0 saturated heterocycles. The Labute approximate surface area is 158 Å². The Kier molecular flexibility index (Phi) is 5.68. The number of hydrogen-bond acceptors (Lipinski definition) is 4. The van der Waals surface area contributed by atoms with Gasteiger partial charge in [-0.1, -0.05) is 56.3 Å². The fourth-order valence-corrected chi connectivity index (χ4v) is 3.30. The molecular formula is C21H23N3OS. The third-order valence-corrected chi connectivity index (χ3v) is 4.89. The first-order valence-electron chi connectivity index (χ1n) is 8.71. The van der Waals surface area contributed by atoms with E-state index in [0.29, 0.717) is 0 Å². The smallest absolute Gasteiger partial charge is 0.226 e. The second-order valence-electron chi connectivity index (χ2n) is 6.54. The molecule has 134 valence electrons. The van der Waals surface area contributed by atoms with Crippen molar-refractivity contribution in [3.05, 3.63) is 65.5 Å². The maximum atomic E-state index is 11.8. The van der Waals surface area contributed by atoms with Crippen LogP contribution in [0.15, 0.2) is 60.0 Å². The first-order valence-corrected chi connectivity index (χ1v) is 9.59. The van der Waals surface area contributed by atoms with Gasteiger partial charge in [-0.15, -0.1) is 11.3 Å². The Morgan fingerprint density at radius 3 is 2.35 bits per heavy atom. The minimum atomic E-state index is -0.0338. The molecule has 1 aromatic heterocycles. The lowest BCUT2D eigenvalue weighted by molar-refractivity contribution is -0.118. The quantitative estimate of drug-likeness (QED) is 0.600. The lowest BCUT2D eigenvalue weighted by Crippen LogP contribution is -2.17. The van der Waals surface area contributed by atoms with Gasteiger partial charge in [0.1, 0.15) is 0 Å². The highest BCUT2D eigenvalue weighted by Gasteiger charge is 2.10. The van der Waals surface area contributed by atoms with Crippen molar-refractivity contribution in [3.63, 3.8) is 0 Å². The van der Waals surface area contributed by atoms with Crippen molar-refractivity contribution in [3.8, 4) is 11.3 Å². The van der Waals surface area contributed by atoms with Gasteiger partial charge in [-0.05, 0) is 24.6 Å². The lowest BCUT2D eigenvalue weighted by Gasteiger charge is -2.12. The second-order valence-corrected chi connectivity index (χ2v) is 7.39. The molecule has 0 bridgehead atoms. The lowest BCUT2D eigenvalue weighted by atomic mass is 10.1. The van der Waals surface area contributed by atoms with Crippen molar-refractivity contribution in [1.82, 2.24) is 4.98 Å². The molecule has 0 aliphatic rings. The Morgan fingerprint density at radius 1 is 1.00 bits per heavy atom. The van der Waals surface area contributed by atoms with Gasteiger partial charge in [-0.2, -0.15) is 0 Å². The summed E-state index contributed by atoms with van der Waals surface area (Å²) in [6.07, 6.45) is 0. The maximum Gasteiger partial charge on any atom is 0.226 e. The predicted octanol–water partition coefficient (Wildman–Crippen LogP) is 5.58. The number of nitrogens with zero attached hydrogens (tertiary/aromatic N) is 1. The summed E-state index contributed by atoms with van der Waals surface area (Å²) in [5.74, 6) is -0.0127. The van der Waals surface area contributed by atoms with Gasteiger partial charge in [0.15, 0.2) is 5.13 Å². The van der Waals surface area contributed by atoms with Crippen molar-refractivity contribution >= 4 is 28.1 Å². The van der Waals surface area contributed by atoms with Crippen LogP contribution < -0.4 is 10.6 Å². The van der Waals surface area contributed by atoms with Crippen LogP contribution in [-0.2, 0) is 4.79 Å². The van der Waals surface area contributed by atoms with Crippen molar-refractivity contribution in [1.29, 1.82) is 0 Å². The van der Waals surface area contributed by atoms with E-state index in [0.717, 1.165) is 22.1 Å². The number of hydrogen-bond donors (Lipinski definition) is 2. The van der Waals surface area contributed by atoms with Crippen molar-refractivity contribution in [2.75, 3.05) is 10.6 Å². The van der Waals surface area contributed by atoms with Gasteiger partial charge in [0.2, 0.25) is 5.91 Å². The van der Waals surface area contributed by atoms with E-state index in [9.17, 15) is 4.79 Å². The molecule has 1 heterocycles. The predicted molar refractivity (Wildman–Crippen MR) is 109 cm³/mol. The molecule has 0 radical (unpaired) electrons. The summed E-state index contributed by atoms with van der Waals surface area (Å²) < 4.78 is 0. The Hall–Kier alpha value is -2.66. The molecule has 2 N–H and O–H groups in total. The van der Waals surface area contributed by atoms with Gasteiger partial charge < -0.3 is 10.6 Å². The minimum absolute atomic E-state index is 0.0211. The number of thiazole rings is 1. The highest BCUT2D eigenvalue weighted by Crippen LogP contribution is 2.28. The number of benzene rings is 2. The fraction of sp³-hybridized carbons (Fsp3) is 0.238. The Balaban J connectivity index is 1.67. The molecule has 0 unspecified atom stereocenters. The summed E-state index contributed by atoms with van der Waals surface area (Å²) in [7, 11) is 0. The average Bonchev–Trinajstić information content (AvgIpc) is 3.11. The molecule has 2 aromatic carbocycles. The standard InChI is InChI=1S/C21H23N3OS/c1-14(2)20(25)23-18-11-9-17(10-12-18)19-13-26-21(24-19)22-15(3)16-7-5-4-6-8-16/h4-15H,1-3H3,(H,22,24)(H,23,25)/t15-/m1/s1. The topological polar surface area (TPSA) is 54.0 Å². The summed E-state index contributed by atoms with van der Waals surface area (Å²) >= 11 is 1.59. The van der Waals surface area contributed by atoms with Gasteiger partial charge in [0.05, 0.1) is 11.7 Å². The SMILES string of the molecule is CC(C)C(=O)Nc1ccc(-c2csc(N[C@H](C)c3ccccc3)n2)cc1. The number of carbonyl (C=O) groups is 1. The van der Waals surface area contributed by atoms with Crippen molar-refractivity contribution in [2.24, 2.45) is 5.92 Å². The van der Waals surface area contributed by atoms with Crippen LogP contribution in [0.4, 0.5) is 10.8 Å². The van der Waals surface area contributed by atoms with Crippen molar-refractivity contribution in [2.45, 2.75) is 26.8 Å². The average molecular weight is 366 g/mol. The number of rotatable bonds is 6. The van der Waals surface area contributed by atoms with E-state index in [1.807, 2.05) is 61.7 Å². The van der Waals surface area contributed by atoms with Gasteiger partial charge in [0.25, 0.3) is 0 Å². The fourth-order valence-electron chi connectivity index (χ4n) is 2.49. The van der Waals surface area contributed by atoms with Crippen LogP contribution in [0.1, 0.15) is 32.4 Å². The summed E-state index contributed by atoms with van der Waals surface area (Å²) in [5.41, 5.74) is 4.00. The number of anilines is 2. The zero-order valence-corrected chi connectivity index (χ0v) is 16.0. The summed E-state index contributed by atoms with van der Waals surface area (Å²) in [5, 5.41) is 9.29. The van der Waals surface area contributed by atoms with Crippen LogP contribution in [0.5, 0.6) is 0 Å². The summed E-state index contributed by atoms with van der Waals surface area (Å²) in [6, 6.07) is 18.3. The van der Waals surface area contributed by atoms with E-state index in [4.69, 9.17) is 0 Å². The van der Waals surface area contributed by atoms with Crippen LogP contribution in [0, 0.1) is 5.92 Å². The monoisotopic (exact) mass is 365 g/mol. The van der Waals surface area contributed by atoms with Crippen LogP contribution in [0.25, 0.3) is 11.3 Å². The zero-order chi connectivity index (χ0) is 18.5. The van der Waals surface area contributed by atoms with Gasteiger partial charge in [0, 0.05) is 22.5 Å². The molecule has 0 aliphatic carbocycles. The number of aromatic nitrogens is 1. The van der Waals surface area contributed by atoms with Gasteiger partial charge >= 0.3 is 0 Å². The highest BCUT2D eigenvalue weighted by atomic mass is 32.1. The number of carbonyl (C=O) groups excluding carboxylic acids is 1. The maximum absolute atomic E-state index is 11.8. The van der Waals surface area contributed by atoms with Crippen LogP contribution in [-0.4, -0.2) is 10.9 Å². The zero-order valence-electron chi connectivity index (χ0n) is 15.2. The van der Waals surface area contributed by atoms with Crippen LogP contribution >= 0.6 is 11.3 Å². The van der Waals surface area contributed by atoms with E-state index in [1.165, 1.54) is 5.56 Å². The molecular weight excluding hydrogens is 342 g/mol. The molecule has 0 fully saturated rings. The first-order chi connectivity index (χ1) is 12.5. The first kappa shape index (κ1) is 18.1. The summed E-state index contributed by atoms with van der Waals surface area (Å²) in [4.78, 5) is 16.4. The number of amides is 1. The third kappa shape index (κ3) is 4.49. The molecule has 1 amide bonds. The van der Waals surface area contributed by atoms with Crippen LogP contribution in [0.2, 0.25) is 0 Å². The molecule has 0 aliphatic heterocycles. The largest absolute Gasteiger partial charge is 0.355 e. The van der Waals surface area contributed by atoms with Gasteiger partial charge in [-0.3, -0.25) is 4.79 Å². The minimum Gasteiger partial charge on any atom is -0.355 e.